The van der Waals surface area contributed by atoms with Gasteiger partial charge in [0.25, 0.3) is 20.3 Å². The second-order valence-corrected chi connectivity index (χ2v) is 1.40. The maximum absolute atomic E-state index is 8.36. The van der Waals surface area contributed by atoms with Gasteiger partial charge in [-0.2, -0.15) is 0 Å². The van der Waals surface area contributed by atoms with Crippen LogP contribution in [0.5, 0.6) is 0 Å². The molecule has 0 spiro atoms. The van der Waals surface area contributed by atoms with Gasteiger partial charge in [-0.1, -0.05) is 0 Å². The average Bonchev–Trinajstić information content (AvgIpc) is 2.08. The molecule has 0 aliphatic rings. The molecule has 0 saturated carbocycles. The van der Waals surface area contributed by atoms with E-state index in [2.05, 4.69) is 0 Å². The van der Waals surface area contributed by atoms with Gasteiger partial charge in [0.1, 0.15) is 0 Å². The van der Waals surface area contributed by atoms with E-state index in [0.29, 0.717) is 0 Å². The van der Waals surface area contributed by atoms with Gasteiger partial charge in [0.15, 0.2) is 0 Å². The Morgan fingerprint density at radius 3 is 0.385 bits per heavy atom. The molecule has 0 amide bonds. The summed E-state index contributed by atoms with van der Waals surface area (Å²) in [6, 6.07) is 0. The highest BCUT2D eigenvalue weighted by Gasteiger charge is 1.66. The molecule has 0 radical (unpaired) electrons. The molecule has 26 heavy (non-hydrogen) atoms. The van der Waals surface area contributed by atoms with E-state index in [0.717, 1.165) is 0 Å². The molecule has 160 valence electrons. The van der Waals surface area contributed by atoms with Gasteiger partial charge >= 0.3 is 0 Å². The largest absolute Gasteiger partial charge is 0.369 e. The summed E-state index contributed by atoms with van der Waals surface area (Å²) in [6.45, 7) is 0. The Morgan fingerprint density at radius 1 is 0.385 bits per heavy atom. The monoisotopic (exact) mass is 412 g/mol. The summed E-state index contributed by atoms with van der Waals surface area (Å²) >= 11 is 0. The Labute approximate surface area is 136 Å². The van der Waals surface area contributed by atoms with E-state index < -0.39 is 30.5 Å². The van der Waals surface area contributed by atoms with Crippen molar-refractivity contribution in [1.29, 1.82) is 0 Å². The van der Waals surface area contributed by atoms with Crippen LogP contribution in [-0.4, -0.2) is 51.3 Å². The molecular formula is H12N8O18. The topological polar surface area (TPSA) is 459 Å². The van der Waals surface area contributed by atoms with E-state index in [4.69, 9.17) is 91.9 Å². The maximum Gasteiger partial charge on any atom is 0.291 e. The van der Waals surface area contributed by atoms with E-state index >= 15 is 0 Å². The number of nitrogens with zero attached hydrogens (tertiary/aromatic N) is 6. The van der Waals surface area contributed by atoms with Gasteiger partial charge in [0, 0.05) is 0 Å². The molecule has 0 unspecified atom stereocenters. The minimum atomic E-state index is -1.75. The Bertz CT molecular complexity index is 254. The van der Waals surface area contributed by atoms with Crippen LogP contribution in [0.4, 0.5) is 0 Å². The Hall–Kier alpha value is -4.88. The lowest BCUT2D eigenvalue weighted by Crippen LogP contribution is -1.81. The van der Waals surface area contributed by atoms with Gasteiger partial charge in [0.2, 0.25) is 0 Å². The van der Waals surface area contributed by atoms with Crippen LogP contribution in [0, 0.1) is 71.1 Å². The predicted octanol–water partition coefficient (Wildman–Crippen LogP) is -1.12. The summed E-state index contributed by atoms with van der Waals surface area (Å²) in [6.07, 6.45) is 0. The summed E-state index contributed by atoms with van der Waals surface area (Å²) in [7, 11) is 0. The van der Waals surface area contributed by atoms with Crippen LogP contribution in [0.1, 0.15) is 0 Å². The van der Waals surface area contributed by atoms with E-state index in [9.17, 15) is 0 Å². The molecule has 0 aromatic rings. The summed E-state index contributed by atoms with van der Waals surface area (Å²) in [4.78, 5) is 49.9. The van der Waals surface area contributed by atoms with E-state index in [1.807, 2.05) is 0 Å². The summed E-state index contributed by atoms with van der Waals surface area (Å²) < 4.78 is 0. The zero-order chi connectivity index (χ0) is 21.5. The van der Waals surface area contributed by atoms with Crippen molar-refractivity contribution in [3.8, 4) is 0 Å². The molecule has 0 heterocycles. The van der Waals surface area contributed by atoms with Gasteiger partial charge < -0.3 is 63.8 Å². The summed E-state index contributed by atoms with van der Waals surface area (Å²) in [5, 5.41) is 84.1. The van der Waals surface area contributed by atoms with Gasteiger partial charge in [0.05, 0.1) is 10.2 Å². The Balaban J connectivity index is -0.0000000245. The fourth-order valence-corrected chi connectivity index (χ4v) is 0. The first kappa shape index (κ1) is 49.7. The van der Waals surface area contributed by atoms with Crippen LogP contribution < -0.4 is 12.3 Å². The van der Waals surface area contributed by atoms with Crippen LogP contribution in [0.15, 0.2) is 0 Å². The Morgan fingerprint density at radius 2 is 0.385 bits per heavy atom. The average molecular weight is 412 g/mol. The van der Waals surface area contributed by atoms with E-state index in [1.54, 1.807) is 0 Å². The fourth-order valence-electron chi connectivity index (χ4n) is 0. The minimum absolute atomic E-state index is 0. The first-order valence-electron chi connectivity index (χ1n) is 3.36. The minimum Gasteiger partial charge on any atom is -0.369 e. The second-order valence-electron chi connectivity index (χ2n) is 1.40. The van der Waals surface area contributed by atoms with Crippen molar-refractivity contribution in [2.45, 2.75) is 0 Å². The van der Waals surface area contributed by atoms with Gasteiger partial charge in [-0.15, -0.1) is 40.5 Å². The van der Waals surface area contributed by atoms with Crippen LogP contribution in [0.2, 0.25) is 0 Å². The van der Waals surface area contributed by atoms with Crippen LogP contribution in [-0.2, 0) is 0 Å². The highest BCUT2D eigenvalue weighted by molar-refractivity contribution is 4.04. The maximum atomic E-state index is 8.36. The van der Waals surface area contributed by atoms with Crippen molar-refractivity contribution >= 4 is 0 Å². The molecule has 0 aliphatic heterocycles. The number of hydrogen-bond acceptors (Lipinski definition) is 14. The highest BCUT2D eigenvalue weighted by Crippen LogP contribution is 1.45. The van der Waals surface area contributed by atoms with Crippen LogP contribution in [0.3, 0.4) is 0 Å². The third-order valence-corrected chi connectivity index (χ3v) is 0. The first-order valence-corrected chi connectivity index (χ1v) is 3.36. The molecule has 0 aromatic heterocycles. The first-order chi connectivity index (χ1) is 10.4. The van der Waals surface area contributed by atoms with E-state index in [-0.39, 0.29) is 12.3 Å². The molecule has 0 aliphatic carbocycles. The number of rotatable bonds is 0. The molecule has 12 N–H and O–H groups in total. The standard InChI is InChI=1S/4HNO3.2NO3.2H3N/c6*2-1(3)4;;/h4*(H,2,3,4);;;2*1H3/q;;;;2*-1;;/p+2. The third-order valence-electron chi connectivity index (χ3n) is 0. The molecule has 0 bridgehead atoms. The Kier molecular flexibility index (Phi) is 81.6. The second kappa shape index (κ2) is 42.7. The molecule has 0 fully saturated rings. The van der Waals surface area contributed by atoms with Gasteiger partial charge in [-0.3, -0.25) is 0 Å². The number of quaternary nitrogens is 2. The van der Waals surface area contributed by atoms with Crippen molar-refractivity contribution in [2.75, 3.05) is 0 Å². The van der Waals surface area contributed by atoms with Crippen molar-refractivity contribution in [2.24, 2.45) is 0 Å². The predicted molar refractivity (Wildman–Crippen MR) is 67.8 cm³/mol. The van der Waals surface area contributed by atoms with Crippen molar-refractivity contribution in [1.82, 2.24) is 12.3 Å². The molecule has 0 aromatic carbocycles. The lowest BCUT2D eigenvalue weighted by Gasteiger charge is -1.74. The quantitative estimate of drug-likeness (QED) is 0.202. The zero-order valence-corrected chi connectivity index (χ0v) is 12.2. The van der Waals surface area contributed by atoms with Crippen LogP contribution >= 0.6 is 0 Å². The molecular weight excluding hydrogens is 400 g/mol. The highest BCUT2D eigenvalue weighted by atomic mass is 16.9. The lowest BCUT2D eigenvalue weighted by molar-refractivity contribution is -0.742. The van der Waals surface area contributed by atoms with Crippen molar-refractivity contribution in [3.63, 3.8) is 0 Å². The molecule has 0 rings (SSSR count). The molecule has 26 nitrogen and oxygen atoms in total. The van der Waals surface area contributed by atoms with Gasteiger partial charge in [-0.25, -0.2) is 0 Å². The fraction of sp³-hybridized carbons (Fsp3) is 0. The third kappa shape index (κ3) is 264. The lowest BCUT2D eigenvalue weighted by atomic mass is 13.1. The van der Waals surface area contributed by atoms with Crippen molar-refractivity contribution < 1.29 is 51.3 Å². The molecule has 0 atom stereocenters. The normalized spacial score (nSPS) is 5.54. The molecule has 26 heteroatoms. The zero-order valence-electron chi connectivity index (χ0n) is 12.2. The van der Waals surface area contributed by atoms with Crippen molar-refractivity contribution in [3.05, 3.63) is 71.1 Å². The van der Waals surface area contributed by atoms with Gasteiger partial charge in [-0.05, 0) is 0 Å². The summed E-state index contributed by atoms with van der Waals surface area (Å²) in [5.41, 5.74) is 0. The SMILES string of the molecule is O=[N+]([O-])O.O=[N+]([O-])O.O=[N+]([O-])O.O=[N+]([O-])O.O=[N+]([O-])[O-].O=[N+]([O-])[O-].[NH4+].[NH4+]. The number of hydrogen-bond donors (Lipinski definition) is 6. The smallest absolute Gasteiger partial charge is 0.291 e. The molecule has 0 saturated heterocycles. The van der Waals surface area contributed by atoms with E-state index in [1.165, 1.54) is 0 Å². The van der Waals surface area contributed by atoms with Crippen LogP contribution in [0.25, 0.3) is 0 Å². The summed E-state index contributed by atoms with van der Waals surface area (Å²) in [5.74, 6) is 0.